The van der Waals surface area contributed by atoms with Gasteiger partial charge < -0.3 is 5.32 Å². The summed E-state index contributed by atoms with van der Waals surface area (Å²) >= 11 is 0. The molecule has 0 spiro atoms. The topological polar surface area (TPSA) is 77.6 Å². The van der Waals surface area contributed by atoms with E-state index in [2.05, 4.69) is 15.5 Å². The minimum atomic E-state index is -0.141. The number of anilines is 1. The Hall–Kier alpha value is -3.48. The Morgan fingerprint density at radius 1 is 1.21 bits per heavy atom. The molecule has 0 aliphatic heterocycles. The largest absolute Gasteiger partial charge is 0.322 e. The molecule has 3 heterocycles. The van der Waals surface area contributed by atoms with Crippen molar-refractivity contribution >= 4 is 22.6 Å². The van der Waals surface area contributed by atoms with Gasteiger partial charge in [0.2, 0.25) is 0 Å². The molecule has 0 saturated heterocycles. The highest BCUT2D eigenvalue weighted by atomic mass is 16.1. The number of hydrogen-bond acceptors (Lipinski definition) is 4. The minimum Gasteiger partial charge on any atom is -0.322 e. The normalized spacial score (nSPS) is 13.8. The van der Waals surface area contributed by atoms with Crippen LogP contribution >= 0.6 is 0 Å². The number of carbonyl (C=O) groups is 1. The van der Waals surface area contributed by atoms with Gasteiger partial charge in [0.05, 0.1) is 22.3 Å². The molecule has 4 aromatic rings. The summed E-state index contributed by atoms with van der Waals surface area (Å²) in [5, 5.41) is 12.5. The molecule has 1 aliphatic carbocycles. The maximum atomic E-state index is 13.1. The molecule has 0 radical (unpaired) electrons. The van der Waals surface area contributed by atoms with Crippen LogP contribution in [0.3, 0.4) is 0 Å². The van der Waals surface area contributed by atoms with Crippen LogP contribution < -0.4 is 5.32 Å². The zero-order valence-corrected chi connectivity index (χ0v) is 15.8. The Labute approximate surface area is 162 Å². The maximum Gasteiger partial charge on any atom is 0.256 e. The van der Waals surface area contributed by atoms with Crippen LogP contribution in [0.15, 0.2) is 48.8 Å². The summed E-state index contributed by atoms with van der Waals surface area (Å²) in [5.74, 6) is 0.316. The van der Waals surface area contributed by atoms with E-state index in [1.165, 1.54) is 0 Å². The van der Waals surface area contributed by atoms with E-state index in [1.807, 2.05) is 56.6 Å². The standard InChI is InChI=1S/C21H20N6O/c1-13-19-17(12-18(14-4-5-14)24-20(19)26(2)25-13)21(28)23-15-6-8-16(9-7-15)27-11-3-10-22-27/h3,6-12,14H,4-5H2,1-2H3,(H,23,28). The van der Waals surface area contributed by atoms with Crippen molar-refractivity contribution in [3.05, 3.63) is 65.7 Å². The van der Waals surface area contributed by atoms with Crippen molar-refractivity contribution in [1.82, 2.24) is 24.5 Å². The molecular weight excluding hydrogens is 352 g/mol. The Morgan fingerprint density at radius 2 is 2.00 bits per heavy atom. The zero-order chi connectivity index (χ0) is 19.3. The molecule has 1 fully saturated rings. The number of aromatic nitrogens is 5. The van der Waals surface area contributed by atoms with Crippen LogP contribution in [0.4, 0.5) is 5.69 Å². The monoisotopic (exact) mass is 372 g/mol. The molecule has 140 valence electrons. The van der Waals surface area contributed by atoms with Gasteiger partial charge in [-0.1, -0.05) is 0 Å². The number of carbonyl (C=O) groups excluding carboxylic acids is 1. The summed E-state index contributed by atoms with van der Waals surface area (Å²) in [5.41, 5.74) is 4.87. The van der Waals surface area contributed by atoms with Crippen molar-refractivity contribution in [2.45, 2.75) is 25.7 Å². The number of nitrogens with zero attached hydrogens (tertiary/aromatic N) is 5. The van der Waals surface area contributed by atoms with Gasteiger partial charge in [0.15, 0.2) is 5.65 Å². The van der Waals surface area contributed by atoms with Gasteiger partial charge in [0, 0.05) is 36.7 Å². The molecule has 1 aliphatic rings. The van der Waals surface area contributed by atoms with Crippen LogP contribution in [-0.4, -0.2) is 30.5 Å². The molecule has 7 nitrogen and oxygen atoms in total. The third-order valence-corrected chi connectivity index (χ3v) is 5.12. The first-order valence-electron chi connectivity index (χ1n) is 9.36. The van der Waals surface area contributed by atoms with E-state index in [4.69, 9.17) is 4.98 Å². The van der Waals surface area contributed by atoms with E-state index in [1.54, 1.807) is 15.6 Å². The number of fused-ring (bicyclic) bond motifs is 1. The van der Waals surface area contributed by atoms with Gasteiger partial charge in [0.25, 0.3) is 5.91 Å². The van der Waals surface area contributed by atoms with E-state index < -0.39 is 0 Å². The third kappa shape index (κ3) is 2.85. The molecule has 7 heteroatoms. The molecule has 1 aromatic carbocycles. The first-order valence-corrected chi connectivity index (χ1v) is 9.36. The molecule has 0 bridgehead atoms. The highest BCUT2D eigenvalue weighted by molar-refractivity contribution is 6.12. The summed E-state index contributed by atoms with van der Waals surface area (Å²) in [6.07, 6.45) is 5.88. The van der Waals surface area contributed by atoms with E-state index in [9.17, 15) is 4.79 Å². The number of rotatable bonds is 4. The third-order valence-electron chi connectivity index (χ3n) is 5.12. The van der Waals surface area contributed by atoms with E-state index in [0.29, 0.717) is 11.5 Å². The first-order chi connectivity index (χ1) is 13.6. The average molecular weight is 372 g/mol. The Kier molecular flexibility index (Phi) is 3.75. The van der Waals surface area contributed by atoms with Gasteiger partial charge in [0.1, 0.15) is 0 Å². The van der Waals surface area contributed by atoms with E-state index in [0.717, 1.165) is 46.6 Å². The SMILES string of the molecule is Cc1nn(C)c2nc(C3CC3)cc(C(=O)Nc3ccc(-n4cccn4)cc3)c12. The summed E-state index contributed by atoms with van der Waals surface area (Å²) in [6, 6.07) is 11.4. The second kappa shape index (κ2) is 6.30. The van der Waals surface area contributed by atoms with Crippen LogP contribution in [0, 0.1) is 6.92 Å². The lowest BCUT2D eigenvalue weighted by Gasteiger charge is -2.10. The number of hydrogen-bond donors (Lipinski definition) is 1. The van der Waals surface area contributed by atoms with Crippen LogP contribution in [0.5, 0.6) is 0 Å². The lowest BCUT2D eigenvalue weighted by molar-refractivity contribution is 0.102. The molecule has 1 amide bonds. The Morgan fingerprint density at radius 3 is 2.68 bits per heavy atom. The molecule has 0 atom stereocenters. The van der Waals surface area contributed by atoms with Crippen LogP contribution in [0.1, 0.15) is 40.5 Å². The fourth-order valence-corrected chi connectivity index (χ4v) is 3.55. The quantitative estimate of drug-likeness (QED) is 0.594. The predicted molar refractivity (Wildman–Crippen MR) is 107 cm³/mol. The van der Waals surface area contributed by atoms with Gasteiger partial charge in [-0.25, -0.2) is 9.67 Å². The van der Waals surface area contributed by atoms with Gasteiger partial charge in [-0.05, 0) is 56.2 Å². The molecule has 28 heavy (non-hydrogen) atoms. The number of aryl methyl sites for hydroxylation is 2. The number of benzene rings is 1. The van der Waals surface area contributed by atoms with Gasteiger partial charge in [-0.3, -0.25) is 9.48 Å². The second-order valence-electron chi connectivity index (χ2n) is 7.23. The number of amides is 1. The van der Waals surface area contributed by atoms with Crippen molar-refractivity contribution in [2.75, 3.05) is 5.32 Å². The van der Waals surface area contributed by atoms with Gasteiger partial charge in [-0.15, -0.1) is 0 Å². The lowest BCUT2D eigenvalue weighted by atomic mass is 10.1. The van der Waals surface area contributed by atoms with Crippen molar-refractivity contribution in [3.63, 3.8) is 0 Å². The van der Waals surface area contributed by atoms with Gasteiger partial charge >= 0.3 is 0 Å². The number of pyridine rings is 1. The van der Waals surface area contributed by atoms with Crippen LogP contribution in [0.25, 0.3) is 16.7 Å². The summed E-state index contributed by atoms with van der Waals surface area (Å²) in [7, 11) is 1.87. The molecular formula is C21H20N6O. The summed E-state index contributed by atoms with van der Waals surface area (Å²) in [4.78, 5) is 17.9. The molecule has 5 rings (SSSR count). The van der Waals surface area contributed by atoms with Crippen LogP contribution in [0.2, 0.25) is 0 Å². The fourth-order valence-electron chi connectivity index (χ4n) is 3.55. The molecule has 1 saturated carbocycles. The Bertz CT molecular complexity index is 1170. The molecule has 0 unspecified atom stereocenters. The van der Waals surface area contributed by atoms with E-state index in [-0.39, 0.29) is 5.91 Å². The second-order valence-corrected chi connectivity index (χ2v) is 7.23. The van der Waals surface area contributed by atoms with Crippen molar-refractivity contribution < 1.29 is 4.79 Å². The van der Waals surface area contributed by atoms with Crippen molar-refractivity contribution in [2.24, 2.45) is 7.05 Å². The molecule has 3 aromatic heterocycles. The first kappa shape index (κ1) is 16.7. The summed E-state index contributed by atoms with van der Waals surface area (Å²) < 4.78 is 3.53. The fraction of sp³-hybridized carbons (Fsp3) is 0.238. The highest BCUT2D eigenvalue weighted by Gasteiger charge is 2.28. The summed E-state index contributed by atoms with van der Waals surface area (Å²) in [6.45, 7) is 1.91. The predicted octanol–water partition coefficient (Wildman–Crippen LogP) is 3.59. The van der Waals surface area contributed by atoms with Crippen molar-refractivity contribution in [3.8, 4) is 5.69 Å². The minimum absolute atomic E-state index is 0.141. The van der Waals surface area contributed by atoms with Gasteiger partial charge in [-0.2, -0.15) is 10.2 Å². The van der Waals surface area contributed by atoms with Crippen molar-refractivity contribution in [1.29, 1.82) is 0 Å². The average Bonchev–Trinajstić information content (AvgIpc) is 3.33. The maximum absolute atomic E-state index is 13.1. The van der Waals surface area contributed by atoms with E-state index >= 15 is 0 Å². The lowest BCUT2D eigenvalue weighted by Crippen LogP contribution is -2.14. The zero-order valence-electron chi connectivity index (χ0n) is 15.8. The smallest absolute Gasteiger partial charge is 0.256 e. The highest BCUT2D eigenvalue weighted by Crippen LogP contribution is 2.40. The number of nitrogens with one attached hydrogen (secondary N) is 1. The molecule has 1 N–H and O–H groups in total. The Balaban J connectivity index is 1.49. The van der Waals surface area contributed by atoms with Crippen LogP contribution in [-0.2, 0) is 7.05 Å².